The highest BCUT2D eigenvalue weighted by Crippen LogP contribution is 2.28. The van der Waals surface area contributed by atoms with E-state index in [1.807, 2.05) is 20.8 Å². The van der Waals surface area contributed by atoms with E-state index in [1.165, 1.54) is 5.56 Å². The highest BCUT2D eigenvalue weighted by Gasteiger charge is 2.31. The summed E-state index contributed by atoms with van der Waals surface area (Å²) in [5.41, 5.74) is 3.63. The lowest BCUT2D eigenvalue weighted by molar-refractivity contribution is -0.140. The van der Waals surface area contributed by atoms with Crippen molar-refractivity contribution in [1.82, 2.24) is 10.6 Å². The second-order valence-electron chi connectivity index (χ2n) is 7.40. The number of ether oxygens (including phenoxy) is 1. The van der Waals surface area contributed by atoms with Crippen molar-refractivity contribution in [3.63, 3.8) is 0 Å². The summed E-state index contributed by atoms with van der Waals surface area (Å²) in [5.74, 6) is 0.605. The second kappa shape index (κ2) is 8.48. The smallest absolute Gasteiger partial charge is 0.338 e. The lowest BCUT2D eigenvalue weighted by atomic mass is 9.93. The highest BCUT2D eigenvalue weighted by atomic mass is 32.1. The maximum atomic E-state index is 12.6. The largest absolute Gasteiger partial charge is 0.462 e. The maximum Gasteiger partial charge on any atom is 0.338 e. The van der Waals surface area contributed by atoms with Gasteiger partial charge in [0, 0.05) is 5.70 Å². The molecule has 0 spiro atoms. The van der Waals surface area contributed by atoms with Crippen molar-refractivity contribution in [2.24, 2.45) is 11.8 Å². The maximum absolute atomic E-state index is 12.6. The molecule has 5 heteroatoms. The quantitative estimate of drug-likeness (QED) is 0.596. The summed E-state index contributed by atoms with van der Waals surface area (Å²) in [6.07, 6.45) is 1.04. The third kappa shape index (κ3) is 5.30. The van der Waals surface area contributed by atoms with Crippen molar-refractivity contribution in [2.45, 2.75) is 47.1 Å². The molecule has 1 atom stereocenters. The highest BCUT2D eigenvalue weighted by molar-refractivity contribution is 7.80. The zero-order valence-electron chi connectivity index (χ0n) is 15.7. The third-order valence-electron chi connectivity index (χ3n) is 3.99. The van der Waals surface area contributed by atoms with Crippen molar-refractivity contribution in [1.29, 1.82) is 0 Å². The summed E-state index contributed by atoms with van der Waals surface area (Å²) >= 11 is 5.28. The Hall–Kier alpha value is -1.88. The molecule has 136 valence electrons. The molecular weight excluding hydrogens is 332 g/mol. The molecule has 1 aliphatic rings. The van der Waals surface area contributed by atoms with Crippen LogP contribution < -0.4 is 10.6 Å². The minimum Gasteiger partial charge on any atom is -0.462 e. The first-order valence-corrected chi connectivity index (χ1v) is 9.23. The van der Waals surface area contributed by atoms with E-state index in [9.17, 15) is 4.79 Å². The molecule has 0 amide bonds. The van der Waals surface area contributed by atoms with Gasteiger partial charge in [0.15, 0.2) is 5.11 Å². The zero-order chi connectivity index (χ0) is 18.6. The number of thiocarbonyl (C=S) groups is 1. The van der Waals surface area contributed by atoms with Crippen molar-refractivity contribution in [3.8, 4) is 0 Å². The number of hydrogen-bond donors (Lipinski definition) is 2. The van der Waals surface area contributed by atoms with Gasteiger partial charge < -0.3 is 15.4 Å². The lowest BCUT2D eigenvalue weighted by Gasteiger charge is -2.30. The van der Waals surface area contributed by atoms with Crippen LogP contribution in [0.25, 0.3) is 0 Å². The number of carbonyl (C=O) groups excluding carboxylic acids is 1. The van der Waals surface area contributed by atoms with Crippen LogP contribution >= 0.6 is 12.2 Å². The molecule has 0 aliphatic carbocycles. The van der Waals surface area contributed by atoms with Crippen LogP contribution in [0.2, 0.25) is 0 Å². The van der Waals surface area contributed by atoms with Crippen LogP contribution in [0.15, 0.2) is 35.5 Å². The van der Waals surface area contributed by atoms with Gasteiger partial charge >= 0.3 is 5.97 Å². The first-order chi connectivity index (χ1) is 11.8. The fraction of sp³-hybridized carbons (Fsp3) is 0.500. The number of benzene rings is 1. The van der Waals surface area contributed by atoms with Crippen LogP contribution in [-0.4, -0.2) is 17.7 Å². The standard InChI is InChI=1S/C20H28N2O2S/c1-12(2)10-15-6-8-16(9-7-15)18-17(14(5)21-20(25)22-18)19(23)24-11-13(3)4/h6-9,12-13,18H,10-11H2,1-5H3,(H2,21,22,25). The summed E-state index contributed by atoms with van der Waals surface area (Å²) in [6, 6.07) is 8.07. The van der Waals surface area contributed by atoms with Crippen LogP contribution in [0.1, 0.15) is 51.8 Å². The molecule has 0 saturated carbocycles. The molecule has 1 aromatic rings. The Morgan fingerprint density at radius 2 is 1.80 bits per heavy atom. The van der Waals surface area contributed by atoms with E-state index in [2.05, 4.69) is 48.7 Å². The Labute approximate surface area is 156 Å². The van der Waals surface area contributed by atoms with E-state index in [4.69, 9.17) is 17.0 Å². The Morgan fingerprint density at radius 3 is 2.36 bits per heavy atom. The fourth-order valence-electron chi connectivity index (χ4n) is 2.85. The molecule has 0 aromatic heterocycles. The van der Waals surface area contributed by atoms with Gasteiger partial charge in [0.05, 0.1) is 18.2 Å². The molecule has 1 aliphatic heterocycles. The van der Waals surface area contributed by atoms with Crippen molar-refractivity contribution in [3.05, 3.63) is 46.7 Å². The topological polar surface area (TPSA) is 50.4 Å². The molecule has 2 N–H and O–H groups in total. The van der Waals surface area contributed by atoms with Gasteiger partial charge in [-0.2, -0.15) is 0 Å². The minimum atomic E-state index is -0.301. The van der Waals surface area contributed by atoms with E-state index < -0.39 is 0 Å². The van der Waals surface area contributed by atoms with Gasteiger partial charge in [-0.05, 0) is 48.5 Å². The molecule has 0 radical (unpaired) electrons. The first-order valence-electron chi connectivity index (χ1n) is 8.82. The predicted molar refractivity (Wildman–Crippen MR) is 105 cm³/mol. The number of allylic oxidation sites excluding steroid dienone is 1. The van der Waals surface area contributed by atoms with Crippen LogP contribution in [-0.2, 0) is 16.0 Å². The summed E-state index contributed by atoms with van der Waals surface area (Å²) in [4.78, 5) is 12.6. The fourth-order valence-corrected chi connectivity index (χ4v) is 3.12. The molecule has 0 fully saturated rings. The molecule has 4 nitrogen and oxygen atoms in total. The van der Waals surface area contributed by atoms with Gasteiger partial charge in [-0.25, -0.2) is 4.79 Å². The van der Waals surface area contributed by atoms with Crippen molar-refractivity contribution in [2.75, 3.05) is 6.61 Å². The minimum absolute atomic E-state index is 0.290. The SMILES string of the molecule is CC1=C(C(=O)OCC(C)C)C(c2ccc(CC(C)C)cc2)NC(=S)N1. The lowest BCUT2D eigenvalue weighted by Crippen LogP contribution is -2.45. The molecule has 1 aromatic carbocycles. The normalized spacial score (nSPS) is 17.6. The summed E-state index contributed by atoms with van der Waals surface area (Å²) in [5, 5.41) is 6.76. The van der Waals surface area contributed by atoms with Crippen molar-refractivity contribution < 1.29 is 9.53 Å². The predicted octanol–water partition coefficient (Wildman–Crippen LogP) is 3.88. The van der Waals surface area contributed by atoms with Gasteiger partial charge in [-0.15, -0.1) is 0 Å². The monoisotopic (exact) mass is 360 g/mol. The van der Waals surface area contributed by atoms with E-state index in [0.29, 0.717) is 29.1 Å². The number of esters is 1. The molecule has 1 heterocycles. The van der Waals surface area contributed by atoms with Crippen LogP contribution in [0.3, 0.4) is 0 Å². The summed E-state index contributed by atoms with van der Waals surface area (Å²) < 4.78 is 5.46. The van der Waals surface area contributed by atoms with Crippen LogP contribution in [0.4, 0.5) is 0 Å². The van der Waals surface area contributed by atoms with Gasteiger partial charge in [0.25, 0.3) is 0 Å². The second-order valence-corrected chi connectivity index (χ2v) is 7.81. The first kappa shape index (κ1) is 19.4. The number of carbonyl (C=O) groups is 1. The molecule has 1 unspecified atom stereocenters. The van der Waals surface area contributed by atoms with E-state index in [1.54, 1.807) is 0 Å². The molecule has 2 rings (SSSR count). The third-order valence-corrected chi connectivity index (χ3v) is 4.21. The van der Waals surface area contributed by atoms with Gasteiger partial charge in [0.1, 0.15) is 0 Å². The zero-order valence-corrected chi connectivity index (χ0v) is 16.5. The number of hydrogen-bond acceptors (Lipinski definition) is 3. The summed E-state index contributed by atoms with van der Waals surface area (Å²) in [6.45, 7) is 10.7. The Balaban J connectivity index is 2.27. The van der Waals surface area contributed by atoms with Gasteiger partial charge in [-0.1, -0.05) is 52.0 Å². The molecule has 25 heavy (non-hydrogen) atoms. The van der Waals surface area contributed by atoms with Crippen LogP contribution in [0, 0.1) is 11.8 Å². The van der Waals surface area contributed by atoms with E-state index >= 15 is 0 Å². The number of nitrogens with one attached hydrogen (secondary N) is 2. The Morgan fingerprint density at radius 1 is 1.16 bits per heavy atom. The van der Waals surface area contributed by atoms with Crippen molar-refractivity contribution >= 4 is 23.3 Å². The Kier molecular flexibility index (Phi) is 6.59. The molecule has 0 bridgehead atoms. The van der Waals surface area contributed by atoms with Gasteiger partial charge in [-0.3, -0.25) is 0 Å². The molecular formula is C20H28N2O2S. The average Bonchev–Trinajstić information content (AvgIpc) is 2.52. The van der Waals surface area contributed by atoms with Gasteiger partial charge in [0.2, 0.25) is 0 Å². The average molecular weight is 361 g/mol. The molecule has 0 saturated heterocycles. The van der Waals surface area contributed by atoms with E-state index in [-0.39, 0.29) is 12.0 Å². The number of rotatable bonds is 6. The summed E-state index contributed by atoms with van der Waals surface area (Å²) in [7, 11) is 0. The Bertz CT molecular complexity index is 663. The van der Waals surface area contributed by atoms with E-state index in [0.717, 1.165) is 17.7 Å². The van der Waals surface area contributed by atoms with Crippen LogP contribution in [0.5, 0.6) is 0 Å².